The number of aromatic nitrogens is 5. The van der Waals surface area contributed by atoms with E-state index in [9.17, 15) is 0 Å². The Morgan fingerprint density at radius 2 is 1.90 bits per heavy atom. The molecule has 0 aliphatic heterocycles. The van der Waals surface area contributed by atoms with Gasteiger partial charge in [0.1, 0.15) is 18.0 Å². The molecule has 0 radical (unpaired) electrons. The van der Waals surface area contributed by atoms with E-state index < -0.39 is 0 Å². The number of halogens is 1. The SMILES string of the molecule is CC(C)c1ccc(OCc2nnc(SCc3cn4cc(Cl)ccc4n3)n2N)cc1. The van der Waals surface area contributed by atoms with E-state index in [0.29, 0.717) is 27.7 Å². The van der Waals surface area contributed by atoms with E-state index in [1.807, 2.05) is 41.1 Å². The van der Waals surface area contributed by atoms with Gasteiger partial charge in [-0.15, -0.1) is 10.2 Å². The van der Waals surface area contributed by atoms with Gasteiger partial charge < -0.3 is 15.0 Å². The Hall–Kier alpha value is -2.71. The fourth-order valence-corrected chi connectivity index (χ4v) is 3.75. The molecule has 9 heteroatoms. The zero-order valence-corrected chi connectivity index (χ0v) is 17.7. The number of thioether (sulfide) groups is 1. The molecule has 0 unspecified atom stereocenters. The molecule has 3 heterocycles. The molecule has 2 N–H and O–H groups in total. The van der Waals surface area contributed by atoms with Crippen LogP contribution in [0.3, 0.4) is 0 Å². The first-order chi connectivity index (χ1) is 14.0. The Morgan fingerprint density at radius 1 is 1.10 bits per heavy atom. The zero-order valence-electron chi connectivity index (χ0n) is 16.1. The third-order valence-electron chi connectivity index (χ3n) is 4.46. The Bertz CT molecular complexity index is 1120. The summed E-state index contributed by atoms with van der Waals surface area (Å²) in [5.41, 5.74) is 3.02. The van der Waals surface area contributed by atoms with Crippen LogP contribution in [0.25, 0.3) is 5.65 Å². The lowest BCUT2D eigenvalue weighted by atomic mass is 10.0. The van der Waals surface area contributed by atoms with Gasteiger partial charge in [0.15, 0.2) is 5.82 Å². The van der Waals surface area contributed by atoms with Crippen LogP contribution in [0.15, 0.2) is 53.9 Å². The predicted octanol–water partition coefficient (Wildman–Crippen LogP) is 4.29. The normalized spacial score (nSPS) is 11.4. The van der Waals surface area contributed by atoms with E-state index in [-0.39, 0.29) is 6.61 Å². The quantitative estimate of drug-likeness (QED) is 0.349. The van der Waals surface area contributed by atoms with Crippen LogP contribution in [0.5, 0.6) is 5.75 Å². The van der Waals surface area contributed by atoms with Crippen molar-refractivity contribution in [2.75, 3.05) is 5.84 Å². The smallest absolute Gasteiger partial charge is 0.210 e. The topological polar surface area (TPSA) is 83.3 Å². The summed E-state index contributed by atoms with van der Waals surface area (Å²) >= 11 is 7.48. The minimum atomic E-state index is 0.248. The number of hydrogen-bond acceptors (Lipinski definition) is 6. The molecule has 0 aliphatic carbocycles. The standard InChI is InChI=1S/C20H21ClN6OS/c1-13(2)14-3-6-17(7-4-14)28-11-19-24-25-20(27(19)22)29-12-16-10-26-9-15(21)5-8-18(26)23-16/h3-10,13H,11-12,22H2,1-2H3. The molecular weight excluding hydrogens is 408 g/mol. The van der Waals surface area contributed by atoms with Crippen molar-refractivity contribution >= 4 is 29.0 Å². The highest BCUT2D eigenvalue weighted by molar-refractivity contribution is 7.98. The molecule has 4 rings (SSSR count). The molecule has 0 bridgehead atoms. The van der Waals surface area contributed by atoms with Gasteiger partial charge in [0.05, 0.1) is 10.7 Å². The number of nitrogen functional groups attached to an aromatic ring is 1. The number of nitrogens with zero attached hydrogens (tertiary/aromatic N) is 5. The lowest BCUT2D eigenvalue weighted by molar-refractivity contribution is 0.291. The molecule has 0 spiro atoms. The van der Waals surface area contributed by atoms with Crippen molar-refractivity contribution < 1.29 is 4.74 Å². The van der Waals surface area contributed by atoms with Crippen molar-refractivity contribution in [2.45, 2.75) is 37.3 Å². The maximum Gasteiger partial charge on any atom is 0.210 e. The first-order valence-corrected chi connectivity index (χ1v) is 10.5. The molecule has 0 atom stereocenters. The second-order valence-electron chi connectivity index (χ2n) is 6.91. The van der Waals surface area contributed by atoms with E-state index in [1.165, 1.54) is 22.0 Å². The van der Waals surface area contributed by atoms with Crippen LogP contribution in [-0.4, -0.2) is 24.3 Å². The number of rotatable bonds is 7. The number of pyridine rings is 1. The Labute approximate surface area is 177 Å². The molecule has 7 nitrogen and oxygen atoms in total. The maximum atomic E-state index is 6.14. The zero-order chi connectivity index (χ0) is 20.4. The van der Waals surface area contributed by atoms with Crippen LogP contribution in [-0.2, 0) is 12.4 Å². The van der Waals surface area contributed by atoms with Gasteiger partial charge in [-0.05, 0) is 35.7 Å². The average molecular weight is 429 g/mol. The van der Waals surface area contributed by atoms with E-state index in [4.69, 9.17) is 22.2 Å². The van der Waals surface area contributed by atoms with Gasteiger partial charge in [0, 0.05) is 18.1 Å². The van der Waals surface area contributed by atoms with Gasteiger partial charge in [0.25, 0.3) is 0 Å². The summed E-state index contributed by atoms with van der Waals surface area (Å²) in [7, 11) is 0. The van der Waals surface area contributed by atoms with Crippen molar-refractivity contribution in [1.29, 1.82) is 0 Å². The van der Waals surface area contributed by atoms with Gasteiger partial charge in [-0.2, -0.15) is 0 Å². The predicted molar refractivity (Wildman–Crippen MR) is 115 cm³/mol. The molecule has 0 amide bonds. The molecule has 0 fully saturated rings. The first kappa shape index (κ1) is 19.6. The van der Waals surface area contributed by atoms with Gasteiger partial charge >= 0.3 is 0 Å². The highest BCUT2D eigenvalue weighted by atomic mass is 35.5. The van der Waals surface area contributed by atoms with Crippen LogP contribution in [0.4, 0.5) is 0 Å². The number of fused-ring (bicyclic) bond motifs is 1. The average Bonchev–Trinajstić information content (AvgIpc) is 3.27. The summed E-state index contributed by atoms with van der Waals surface area (Å²) in [6.45, 7) is 4.57. The van der Waals surface area contributed by atoms with Crippen molar-refractivity contribution in [1.82, 2.24) is 24.3 Å². The minimum absolute atomic E-state index is 0.248. The second-order valence-corrected chi connectivity index (χ2v) is 8.29. The van der Waals surface area contributed by atoms with Crippen LogP contribution in [0.2, 0.25) is 5.02 Å². The molecule has 0 saturated carbocycles. The number of imidazole rings is 1. The van der Waals surface area contributed by atoms with Crippen LogP contribution >= 0.6 is 23.4 Å². The summed E-state index contributed by atoms with van der Waals surface area (Å²) in [6, 6.07) is 11.7. The van der Waals surface area contributed by atoms with Crippen molar-refractivity contribution in [3.05, 3.63) is 70.9 Å². The third-order valence-corrected chi connectivity index (χ3v) is 5.66. The highest BCUT2D eigenvalue weighted by Gasteiger charge is 2.12. The monoisotopic (exact) mass is 428 g/mol. The van der Waals surface area contributed by atoms with E-state index in [1.54, 1.807) is 0 Å². The summed E-state index contributed by atoms with van der Waals surface area (Å²) in [6.07, 6.45) is 3.77. The summed E-state index contributed by atoms with van der Waals surface area (Å²) < 4.78 is 9.15. The maximum absolute atomic E-state index is 6.14. The molecule has 0 aliphatic rings. The summed E-state index contributed by atoms with van der Waals surface area (Å²) in [5, 5.41) is 9.58. The Morgan fingerprint density at radius 3 is 2.66 bits per heavy atom. The lowest BCUT2D eigenvalue weighted by Gasteiger charge is -2.08. The molecule has 29 heavy (non-hydrogen) atoms. The van der Waals surface area contributed by atoms with Crippen molar-refractivity contribution in [3.63, 3.8) is 0 Å². The summed E-state index contributed by atoms with van der Waals surface area (Å²) in [5.74, 6) is 8.57. The van der Waals surface area contributed by atoms with Gasteiger partial charge in [-0.25, -0.2) is 9.66 Å². The van der Waals surface area contributed by atoms with Crippen LogP contribution in [0.1, 0.15) is 36.8 Å². The molecule has 1 aromatic carbocycles. The van der Waals surface area contributed by atoms with Gasteiger partial charge in [-0.3, -0.25) is 0 Å². The van der Waals surface area contributed by atoms with Gasteiger partial charge in [-0.1, -0.05) is 49.3 Å². The number of benzene rings is 1. The fourth-order valence-electron chi connectivity index (χ4n) is 2.83. The van der Waals surface area contributed by atoms with E-state index in [0.717, 1.165) is 17.1 Å². The Kier molecular flexibility index (Phi) is 5.64. The first-order valence-electron chi connectivity index (χ1n) is 9.17. The molecule has 4 aromatic rings. The number of hydrogen-bond donors (Lipinski definition) is 1. The minimum Gasteiger partial charge on any atom is -0.486 e. The van der Waals surface area contributed by atoms with E-state index >= 15 is 0 Å². The number of nitrogens with two attached hydrogens (primary N) is 1. The number of ether oxygens (including phenoxy) is 1. The molecule has 3 aromatic heterocycles. The Balaban J connectivity index is 1.37. The van der Waals surface area contributed by atoms with E-state index in [2.05, 4.69) is 41.2 Å². The molecule has 150 valence electrons. The van der Waals surface area contributed by atoms with Crippen LogP contribution < -0.4 is 10.6 Å². The largest absolute Gasteiger partial charge is 0.486 e. The van der Waals surface area contributed by atoms with Crippen molar-refractivity contribution in [3.8, 4) is 5.75 Å². The molecular formula is C20H21ClN6OS. The third kappa shape index (κ3) is 4.49. The fraction of sp³-hybridized carbons (Fsp3) is 0.250. The van der Waals surface area contributed by atoms with Crippen molar-refractivity contribution in [2.24, 2.45) is 0 Å². The lowest BCUT2D eigenvalue weighted by Crippen LogP contribution is -2.15. The van der Waals surface area contributed by atoms with Gasteiger partial charge in [0.2, 0.25) is 5.16 Å². The summed E-state index contributed by atoms with van der Waals surface area (Å²) in [4.78, 5) is 4.56. The highest BCUT2D eigenvalue weighted by Crippen LogP contribution is 2.22. The second kappa shape index (κ2) is 8.34. The molecule has 0 saturated heterocycles. The van der Waals surface area contributed by atoms with Crippen LogP contribution in [0, 0.1) is 0 Å².